The standard InChI is InChI=1S/C36H60O10/c1-30(2)22(39)8-11-36-17-35(36)13-12-32(5)27(34(7)10-9-23(46-34)31(3,4)43)18(38)15-33(32,6)21(35)14-19(28(30)36)44-29-26(42)25(41)24(40)20(16-37)45-29/h18-29,37-43H,8-17H2,1-7H3/t18-,19-,20+,21?,22-,23-,24+,25-,26+,27-,28?,29+,32+,33-,34+,35?,36+/m0/s1. The molecule has 0 aromatic heterocycles. The van der Waals surface area contributed by atoms with Gasteiger partial charge in [0.2, 0.25) is 0 Å². The van der Waals surface area contributed by atoms with Crippen molar-refractivity contribution in [1.29, 1.82) is 0 Å². The van der Waals surface area contributed by atoms with Gasteiger partial charge in [-0.15, -0.1) is 0 Å². The minimum absolute atomic E-state index is 0.0225. The van der Waals surface area contributed by atoms with Crippen LogP contribution in [-0.2, 0) is 14.2 Å². The lowest BCUT2D eigenvalue weighted by Crippen LogP contribution is -2.64. The Kier molecular flexibility index (Phi) is 7.65. The van der Waals surface area contributed by atoms with E-state index in [9.17, 15) is 35.7 Å². The first kappa shape index (κ1) is 34.1. The van der Waals surface area contributed by atoms with Crippen LogP contribution in [0.3, 0.4) is 0 Å². The van der Waals surface area contributed by atoms with Gasteiger partial charge in [0.05, 0.1) is 42.2 Å². The van der Waals surface area contributed by atoms with E-state index in [0.717, 1.165) is 38.5 Å². The monoisotopic (exact) mass is 652 g/mol. The van der Waals surface area contributed by atoms with Gasteiger partial charge in [-0.3, -0.25) is 0 Å². The molecule has 0 aromatic rings. The van der Waals surface area contributed by atoms with Crippen LogP contribution in [-0.4, -0.2) is 109 Å². The molecular formula is C36H60O10. The highest BCUT2D eigenvalue weighted by Gasteiger charge is 2.85. The van der Waals surface area contributed by atoms with E-state index in [1.54, 1.807) is 13.8 Å². The van der Waals surface area contributed by atoms with Crippen LogP contribution in [0.1, 0.15) is 106 Å². The fourth-order valence-corrected chi connectivity index (χ4v) is 13.6. The molecule has 2 aliphatic heterocycles. The second-order valence-corrected chi connectivity index (χ2v) is 18.7. The zero-order valence-corrected chi connectivity index (χ0v) is 28.9. The first-order valence-electron chi connectivity index (χ1n) is 17.9. The Hall–Kier alpha value is -0.400. The summed E-state index contributed by atoms with van der Waals surface area (Å²) in [5.41, 5.74) is -2.50. The van der Waals surface area contributed by atoms with Crippen LogP contribution in [0.15, 0.2) is 0 Å². The molecule has 0 aromatic carbocycles. The Balaban J connectivity index is 1.26. The highest BCUT2D eigenvalue weighted by molar-refractivity contribution is 5.33. The molecule has 10 nitrogen and oxygen atoms in total. The van der Waals surface area contributed by atoms with E-state index < -0.39 is 72.2 Å². The maximum absolute atomic E-state index is 12.0. The first-order valence-corrected chi connectivity index (χ1v) is 17.9. The lowest BCUT2D eigenvalue weighted by molar-refractivity contribution is -0.331. The zero-order chi connectivity index (χ0) is 33.6. The molecule has 5 aliphatic carbocycles. The van der Waals surface area contributed by atoms with Crippen molar-refractivity contribution >= 4 is 0 Å². The Morgan fingerprint density at radius 1 is 0.804 bits per heavy atom. The molecule has 5 saturated carbocycles. The third-order valence-corrected chi connectivity index (χ3v) is 15.9. The molecule has 3 unspecified atom stereocenters. The summed E-state index contributed by atoms with van der Waals surface area (Å²) < 4.78 is 19.4. The van der Waals surface area contributed by atoms with Crippen LogP contribution in [0, 0.1) is 44.8 Å². The molecule has 17 atom stereocenters. The fourth-order valence-electron chi connectivity index (χ4n) is 13.6. The van der Waals surface area contributed by atoms with Gasteiger partial charge in [0.15, 0.2) is 6.29 Å². The van der Waals surface area contributed by atoms with Crippen LogP contribution in [0.2, 0.25) is 0 Å². The minimum Gasteiger partial charge on any atom is -0.394 e. The summed E-state index contributed by atoms with van der Waals surface area (Å²) in [7, 11) is 0. The quantitative estimate of drug-likeness (QED) is 0.219. The molecule has 7 rings (SSSR count). The minimum atomic E-state index is -1.53. The van der Waals surface area contributed by atoms with Crippen molar-refractivity contribution in [2.75, 3.05) is 6.61 Å². The molecule has 2 saturated heterocycles. The molecule has 46 heavy (non-hydrogen) atoms. The first-order chi connectivity index (χ1) is 21.2. The zero-order valence-electron chi connectivity index (χ0n) is 28.9. The highest BCUT2D eigenvalue weighted by Crippen LogP contribution is 2.89. The van der Waals surface area contributed by atoms with E-state index in [-0.39, 0.29) is 45.5 Å². The Labute approximate surface area is 273 Å². The lowest BCUT2D eigenvalue weighted by atomic mass is 9.41. The van der Waals surface area contributed by atoms with Gasteiger partial charge in [-0.2, -0.15) is 0 Å². The molecule has 10 heteroatoms. The third-order valence-electron chi connectivity index (χ3n) is 15.9. The maximum atomic E-state index is 12.0. The molecule has 7 N–H and O–H groups in total. The number of ether oxygens (including phenoxy) is 3. The summed E-state index contributed by atoms with van der Waals surface area (Å²) in [5, 5.41) is 76.2. The SMILES string of the molecule is CC(C)(O)[C@@H]1CC[C@](C)([C@H]2[C@@H](O)C[C@@]3(C)C4C[C@H](O[C@@H]5O[C@H](CO)[C@@H](O)[C@H](O)[C@H]5O)C5C(C)(C)[C@@H](O)CC[C@@]56CC46CC[C@]23C)O1. The van der Waals surface area contributed by atoms with Gasteiger partial charge in [-0.25, -0.2) is 0 Å². The molecule has 7 aliphatic rings. The van der Waals surface area contributed by atoms with Crippen LogP contribution >= 0.6 is 0 Å². The molecule has 264 valence electrons. The van der Waals surface area contributed by atoms with Crippen molar-refractivity contribution in [2.24, 2.45) is 44.8 Å². The second kappa shape index (κ2) is 10.3. The number of aliphatic hydroxyl groups excluding tert-OH is 6. The van der Waals surface area contributed by atoms with Crippen LogP contribution < -0.4 is 0 Å². The summed E-state index contributed by atoms with van der Waals surface area (Å²) >= 11 is 0. The predicted octanol–water partition coefficient (Wildman–Crippen LogP) is 2.26. The van der Waals surface area contributed by atoms with E-state index in [1.165, 1.54) is 0 Å². The molecule has 0 amide bonds. The van der Waals surface area contributed by atoms with Crippen molar-refractivity contribution < 1.29 is 50.0 Å². The molecular weight excluding hydrogens is 592 g/mol. The second-order valence-electron chi connectivity index (χ2n) is 18.7. The summed E-state index contributed by atoms with van der Waals surface area (Å²) in [6.45, 7) is 14.2. The summed E-state index contributed by atoms with van der Waals surface area (Å²) in [6, 6.07) is 0. The number of hydrogen-bond donors (Lipinski definition) is 7. The van der Waals surface area contributed by atoms with Crippen molar-refractivity contribution in [3.05, 3.63) is 0 Å². The predicted molar refractivity (Wildman–Crippen MR) is 167 cm³/mol. The van der Waals surface area contributed by atoms with E-state index in [2.05, 4.69) is 34.6 Å². The largest absolute Gasteiger partial charge is 0.394 e. The van der Waals surface area contributed by atoms with Crippen molar-refractivity contribution in [1.82, 2.24) is 0 Å². The smallest absolute Gasteiger partial charge is 0.186 e. The molecule has 2 heterocycles. The Morgan fingerprint density at radius 2 is 1.50 bits per heavy atom. The van der Waals surface area contributed by atoms with Gasteiger partial charge >= 0.3 is 0 Å². The highest BCUT2D eigenvalue weighted by atomic mass is 16.7. The van der Waals surface area contributed by atoms with E-state index in [1.807, 2.05) is 0 Å². The van der Waals surface area contributed by atoms with E-state index in [0.29, 0.717) is 19.3 Å². The van der Waals surface area contributed by atoms with Gasteiger partial charge < -0.3 is 50.0 Å². The topological polar surface area (TPSA) is 169 Å². The Morgan fingerprint density at radius 3 is 2.13 bits per heavy atom. The number of aliphatic hydroxyl groups is 7. The molecule has 0 radical (unpaired) electrons. The molecule has 2 spiro atoms. The Bertz CT molecular complexity index is 1200. The summed E-state index contributed by atoms with van der Waals surface area (Å²) in [6.07, 6.45) is -1.07. The molecule has 7 fully saturated rings. The number of fused-ring (bicyclic) bond motifs is 2. The van der Waals surface area contributed by atoms with Crippen LogP contribution in [0.5, 0.6) is 0 Å². The van der Waals surface area contributed by atoms with Crippen molar-refractivity contribution in [3.63, 3.8) is 0 Å². The average Bonchev–Trinajstić information content (AvgIpc) is 3.33. The van der Waals surface area contributed by atoms with Crippen molar-refractivity contribution in [3.8, 4) is 0 Å². The fraction of sp³-hybridized carbons (Fsp3) is 1.00. The lowest BCUT2D eigenvalue weighted by Gasteiger charge is -2.65. The van der Waals surface area contributed by atoms with Gasteiger partial charge in [0.25, 0.3) is 0 Å². The summed E-state index contributed by atoms with van der Waals surface area (Å²) in [5.74, 6) is 0.0768. The normalized spacial score (nSPS) is 59.3. The van der Waals surface area contributed by atoms with Gasteiger partial charge in [-0.1, -0.05) is 27.7 Å². The number of hydrogen-bond acceptors (Lipinski definition) is 10. The van der Waals surface area contributed by atoms with Crippen molar-refractivity contribution in [2.45, 2.75) is 173 Å². The van der Waals surface area contributed by atoms with Crippen LogP contribution in [0.4, 0.5) is 0 Å². The van der Waals surface area contributed by atoms with E-state index in [4.69, 9.17) is 14.2 Å². The number of rotatable bonds is 5. The maximum Gasteiger partial charge on any atom is 0.186 e. The van der Waals surface area contributed by atoms with Gasteiger partial charge in [-0.05, 0) is 117 Å². The average molecular weight is 653 g/mol. The van der Waals surface area contributed by atoms with Gasteiger partial charge in [0, 0.05) is 5.92 Å². The van der Waals surface area contributed by atoms with Gasteiger partial charge in [0.1, 0.15) is 24.4 Å². The van der Waals surface area contributed by atoms with Crippen LogP contribution in [0.25, 0.3) is 0 Å². The third kappa shape index (κ3) is 4.24. The molecule has 0 bridgehead atoms. The summed E-state index contributed by atoms with van der Waals surface area (Å²) in [4.78, 5) is 0. The van der Waals surface area contributed by atoms with E-state index >= 15 is 0 Å².